The Morgan fingerprint density at radius 3 is 2.54 bits per heavy atom. The van der Waals surface area contributed by atoms with Crippen LogP contribution in [0, 0.1) is 0 Å². The Morgan fingerprint density at radius 2 is 1.81 bits per heavy atom. The average Bonchev–Trinajstić information content (AvgIpc) is 3.22. The van der Waals surface area contributed by atoms with Crippen LogP contribution >= 0.6 is 0 Å². The molecule has 3 aromatic rings. The van der Waals surface area contributed by atoms with Crippen molar-refractivity contribution in [1.29, 1.82) is 0 Å². The summed E-state index contributed by atoms with van der Waals surface area (Å²) < 4.78 is 10.8. The first-order chi connectivity index (χ1) is 12.8. The molecule has 0 aliphatic rings. The number of amides is 1. The van der Waals surface area contributed by atoms with E-state index in [1.54, 1.807) is 13.4 Å². The predicted molar refractivity (Wildman–Crippen MR) is 99.8 cm³/mol. The van der Waals surface area contributed by atoms with Crippen molar-refractivity contribution in [3.63, 3.8) is 0 Å². The number of carbonyl (C=O) groups is 1. The van der Waals surface area contributed by atoms with E-state index in [9.17, 15) is 4.79 Å². The Labute approximate surface area is 153 Å². The summed E-state index contributed by atoms with van der Waals surface area (Å²) in [6, 6.07) is 21.1. The molecule has 2 N–H and O–H groups in total. The van der Waals surface area contributed by atoms with E-state index < -0.39 is 0 Å². The molecule has 0 fully saturated rings. The van der Waals surface area contributed by atoms with E-state index >= 15 is 0 Å². The maximum atomic E-state index is 12.3. The molecule has 1 aromatic heterocycles. The second-order valence-electron chi connectivity index (χ2n) is 5.83. The van der Waals surface area contributed by atoms with Gasteiger partial charge in [-0.3, -0.25) is 10.1 Å². The van der Waals surface area contributed by atoms with Crippen LogP contribution in [-0.2, 0) is 11.3 Å². The molecule has 0 radical (unpaired) electrons. The minimum atomic E-state index is -0.178. The van der Waals surface area contributed by atoms with Crippen molar-refractivity contribution >= 4 is 5.91 Å². The van der Waals surface area contributed by atoms with Gasteiger partial charge >= 0.3 is 0 Å². The van der Waals surface area contributed by atoms with Gasteiger partial charge in [0.25, 0.3) is 0 Å². The molecule has 5 heteroatoms. The van der Waals surface area contributed by atoms with Gasteiger partial charge in [-0.05, 0) is 23.8 Å². The van der Waals surface area contributed by atoms with Gasteiger partial charge in [0.2, 0.25) is 5.91 Å². The minimum Gasteiger partial charge on any atom is -0.496 e. The Balaban J connectivity index is 1.60. The van der Waals surface area contributed by atoms with E-state index in [-0.39, 0.29) is 18.5 Å². The lowest BCUT2D eigenvalue weighted by Crippen LogP contribution is -2.35. The second-order valence-corrected chi connectivity index (χ2v) is 5.83. The number of nitrogens with one attached hydrogen (secondary N) is 2. The molecular formula is C21H22N2O3. The fourth-order valence-corrected chi connectivity index (χ4v) is 2.78. The van der Waals surface area contributed by atoms with Gasteiger partial charge in [-0.2, -0.15) is 0 Å². The van der Waals surface area contributed by atoms with Crippen molar-refractivity contribution in [3.05, 3.63) is 89.9 Å². The maximum Gasteiger partial charge on any atom is 0.234 e. The van der Waals surface area contributed by atoms with E-state index in [0.29, 0.717) is 6.54 Å². The van der Waals surface area contributed by atoms with Crippen LogP contribution in [0.25, 0.3) is 0 Å². The number of benzene rings is 2. The van der Waals surface area contributed by atoms with E-state index in [0.717, 1.165) is 22.6 Å². The van der Waals surface area contributed by atoms with Crippen LogP contribution in [0.5, 0.6) is 5.75 Å². The Kier molecular flexibility index (Phi) is 6.06. The standard InChI is InChI=1S/C21H22N2O3/c1-25-18-11-6-5-10-17(18)14-22-20(24)15-23-21(19-12-7-13-26-19)16-8-3-2-4-9-16/h2-13,21,23H,14-15H2,1H3,(H,22,24)/t21-/m1/s1. The van der Waals surface area contributed by atoms with Gasteiger partial charge in [-0.1, -0.05) is 48.5 Å². The van der Waals surface area contributed by atoms with E-state index in [2.05, 4.69) is 10.6 Å². The topological polar surface area (TPSA) is 63.5 Å². The molecule has 1 atom stereocenters. The van der Waals surface area contributed by atoms with Gasteiger partial charge < -0.3 is 14.5 Å². The Hall–Kier alpha value is -3.05. The van der Waals surface area contributed by atoms with Crippen LogP contribution in [0.2, 0.25) is 0 Å². The number of methoxy groups -OCH3 is 1. The van der Waals surface area contributed by atoms with Gasteiger partial charge in [0.05, 0.1) is 26.0 Å². The summed E-state index contributed by atoms with van der Waals surface area (Å²) >= 11 is 0. The van der Waals surface area contributed by atoms with Crippen molar-refractivity contribution in [2.24, 2.45) is 0 Å². The highest BCUT2D eigenvalue weighted by atomic mass is 16.5. The van der Waals surface area contributed by atoms with Crippen LogP contribution in [-0.4, -0.2) is 19.6 Å². The largest absolute Gasteiger partial charge is 0.496 e. The highest BCUT2D eigenvalue weighted by molar-refractivity contribution is 5.78. The van der Waals surface area contributed by atoms with Crippen molar-refractivity contribution in [3.8, 4) is 5.75 Å². The molecule has 3 rings (SSSR count). The summed E-state index contributed by atoms with van der Waals surface area (Å²) in [7, 11) is 1.62. The summed E-state index contributed by atoms with van der Waals surface area (Å²) in [5.74, 6) is 1.44. The Bertz CT molecular complexity index is 816. The smallest absolute Gasteiger partial charge is 0.234 e. The zero-order valence-corrected chi connectivity index (χ0v) is 14.6. The number of carbonyl (C=O) groups excluding carboxylic acids is 1. The number of ether oxygens (including phenoxy) is 1. The first kappa shape index (κ1) is 17.8. The number of hydrogen-bond donors (Lipinski definition) is 2. The predicted octanol–water partition coefficient (Wildman–Crippen LogP) is 3.28. The normalized spacial score (nSPS) is 11.7. The third-order valence-corrected chi connectivity index (χ3v) is 4.10. The van der Waals surface area contributed by atoms with Crippen molar-refractivity contribution in [2.75, 3.05) is 13.7 Å². The lowest BCUT2D eigenvalue weighted by atomic mass is 10.0. The number of rotatable bonds is 8. The highest BCUT2D eigenvalue weighted by Crippen LogP contribution is 2.22. The summed E-state index contributed by atoms with van der Waals surface area (Å²) in [6.45, 7) is 0.594. The van der Waals surface area contributed by atoms with Crippen LogP contribution in [0.15, 0.2) is 77.4 Å². The quantitative estimate of drug-likeness (QED) is 0.654. The molecule has 0 spiro atoms. The van der Waals surface area contributed by atoms with Crippen LogP contribution in [0.3, 0.4) is 0 Å². The van der Waals surface area contributed by atoms with E-state index in [4.69, 9.17) is 9.15 Å². The van der Waals surface area contributed by atoms with E-state index in [1.807, 2.05) is 66.7 Å². The lowest BCUT2D eigenvalue weighted by Gasteiger charge is -2.17. The van der Waals surface area contributed by atoms with Gasteiger partial charge in [0.1, 0.15) is 11.5 Å². The molecule has 1 amide bonds. The van der Waals surface area contributed by atoms with Gasteiger partial charge in [-0.15, -0.1) is 0 Å². The highest BCUT2D eigenvalue weighted by Gasteiger charge is 2.17. The monoisotopic (exact) mass is 350 g/mol. The second kappa shape index (κ2) is 8.87. The van der Waals surface area contributed by atoms with Gasteiger partial charge in [0.15, 0.2) is 0 Å². The summed E-state index contributed by atoms with van der Waals surface area (Å²) in [5, 5.41) is 6.18. The molecule has 0 bridgehead atoms. The minimum absolute atomic E-state index is 0.0941. The van der Waals surface area contributed by atoms with Crippen molar-refractivity contribution < 1.29 is 13.9 Å². The van der Waals surface area contributed by atoms with Crippen LogP contribution in [0.4, 0.5) is 0 Å². The molecule has 0 unspecified atom stereocenters. The zero-order chi connectivity index (χ0) is 18.2. The number of furan rings is 1. The Morgan fingerprint density at radius 1 is 1.04 bits per heavy atom. The van der Waals surface area contributed by atoms with Crippen molar-refractivity contribution in [2.45, 2.75) is 12.6 Å². The fourth-order valence-electron chi connectivity index (χ4n) is 2.78. The van der Waals surface area contributed by atoms with Gasteiger partial charge in [-0.25, -0.2) is 0 Å². The molecule has 134 valence electrons. The number of hydrogen-bond acceptors (Lipinski definition) is 4. The summed E-state index contributed by atoms with van der Waals surface area (Å²) in [6.07, 6.45) is 1.63. The van der Waals surface area contributed by atoms with Crippen molar-refractivity contribution in [1.82, 2.24) is 10.6 Å². The molecule has 2 aromatic carbocycles. The fraction of sp³-hybridized carbons (Fsp3) is 0.190. The molecular weight excluding hydrogens is 328 g/mol. The zero-order valence-electron chi connectivity index (χ0n) is 14.6. The first-order valence-electron chi connectivity index (χ1n) is 8.48. The van der Waals surface area contributed by atoms with E-state index in [1.165, 1.54) is 0 Å². The lowest BCUT2D eigenvalue weighted by molar-refractivity contribution is -0.120. The van der Waals surface area contributed by atoms with Gasteiger partial charge in [0, 0.05) is 12.1 Å². The molecule has 5 nitrogen and oxygen atoms in total. The number of para-hydroxylation sites is 1. The average molecular weight is 350 g/mol. The third kappa shape index (κ3) is 4.52. The van der Waals surface area contributed by atoms with Crippen LogP contribution in [0.1, 0.15) is 22.9 Å². The molecule has 0 aliphatic carbocycles. The summed E-state index contributed by atoms with van der Waals surface area (Å²) in [5.41, 5.74) is 1.98. The molecule has 26 heavy (non-hydrogen) atoms. The SMILES string of the molecule is COc1ccccc1CNC(=O)CN[C@H](c1ccccc1)c1ccco1. The molecule has 0 aliphatic heterocycles. The maximum absolute atomic E-state index is 12.3. The third-order valence-electron chi connectivity index (χ3n) is 4.10. The molecule has 1 heterocycles. The first-order valence-corrected chi connectivity index (χ1v) is 8.48. The summed E-state index contributed by atoms with van der Waals surface area (Å²) in [4.78, 5) is 12.3. The molecule has 0 saturated heterocycles. The molecule has 0 saturated carbocycles. The van der Waals surface area contributed by atoms with Crippen LogP contribution < -0.4 is 15.4 Å².